The lowest BCUT2D eigenvalue weighted by Gasteiger charge is -2.15. The number of thiophene rings is 1. The molecule has 0 saturated carbocycles. The SMILES string of the molecule is O=C1CSC(=O)N1Cc1ccc(OCCc2ccccc2C(F)(F)F)c2ccsc12. The van der Waals surface area contributed by atoms with Crippen LogP contribution in [0.25, 0.3) is 10.1 Å². The van der Waals surface area contributed by atoms with Crippen molar-refractivity contribution in [3.05, 3.63) is 64.5 Å². The van der Waals surface area contributed by atoms with Crippen molar-refractivity contribution in [2.24, 2.45) is 0 Å². The topological polar surface area (TPSA) is 46.6 Å². The van der Waals surface area contributed by atoms with Gasteiger partial charge in [-0.15, -0.1) is 11.3 Å². The minimum Gasteiger partial charge on any atom is -0.493 e. The van der Waals surface area contributed by atoms with Gasteiger partial charge in [0.25, 0.3) is 5.24 Å². The summed E-state index contributed by atoms with van der Waals surface area (Å²) < 4.78 is 46.1. The lowest BCUT2D eigenvalue weighted by molar-refractivity contribution is -0.138. The van der Waals surface area contributed by atoms with E-state index >= 15 is 0 Å². The van der Waals surface area contributed by atoms with Crippen molar-refractivity contribution in [2.45, 2.75) is 19.1 Å². The van der Waals surface area contributed by atoms with E-state index in [1.165, 1.54) is 28.4 Å². The highest BCUT2D eigenvalue weighted by Gasteiger charge is 2.33. The quantitative estimate of drug-likeness (QED) is 0.480. The number of hydrogen-bond donors (Lipinski definition) is 0. The van der Waals surface area contributed by atoms with Crippen molar-refractivity contribution in [2.75, 3.05) is 12.4 Å². The molecular weight excluding hydrogens is 435 g/mol. The van der Waals surface area contributed by atoms with Gasteiger partial charge < -0.3 is 4.74 Å². The summed E-state index contributed by atoms with van der Waals surface area (Å²) in [6.45, 7) is 0.290. The summed E-state index contributed by atoms with van der Waals surface area (Å²) in [5.41, 5.74) is 0.369. The zero-order valence-corrected chi connectivity index (χ0v) is 17.2. The summed E-state index contributed by atoms with van der Waals surface area (Å²) in [4.78, 5) is 25.0. The normalized spacial score (nSPS) is 14.7. The molecule has 1 saturated heterocycles. The molecule has 2 aromatic carbocycles. The van der Waals surface area contributed by atoms with Gasteiger partial charge in [0.05, 0.1) is 24.5 Å². The lowest BCUT2D eigenvalue weighted by atomic mass is 10.0. The third kappa shape index (κ3) is 4.17. The number of thioether (sulfide) groups is 1. The third-order valence-electron chi connectivity index (χ3n) is 4.78. The number of halogens is 3. The number of nitrogens with zero attached hydrogens (tertiary/aromatic N) is 1. The Morgan fingerprint density at radius 2 is 1.83 bits per heavy atom. The molecule has 0 radical (unpaired) electrons. The molecule has 2 amide bonds. The molecule has 0 aliphatic carbocycles. The number of hydrogen-bond acceptors (Lipinski definition) is 5. The van der Waals surface area contributed by atoms with Crippen LogP contribution in [0.1, 0.15) is 16.7 Å². The molecule has 1 aromatic heterocycles. The van der Waals surface area contributed by atoms with Gasteiger partial charge in [-0.05, 0) is 34.7 Å². The summed E-state index contributed by atoms with van der Waals surface area (Å²) in [5.74, 6) is 0.513. The Labute approximate surface area is 178 Å². The fourth-order valence-electron chi connectivity index (χ4n) is 3.33. The molecule has 3 aromatic rings. The Morgan fingerprint density at radius 3 is 2.57 bits per heavy atom. The Morgan fingerprint density at radius 1 is 1.03 bits per heavy atom. The highest BCUT2D eigenvalue weighted by molar-refractivity contribution is 8.14. The number of imide groups is 1. The van der Waals surface area contributed by atoms with E-state index in [1.807, 2.05) is 11.4 Å². The minimum atomic E-state index is -4.40. The lowest BCUT2D eigenvalue weighted by Crippen LogP contribution is -2.27. The maximum atomic E-state index is 13.1. The van der Waals surface area contributed by atoms with Crippen LogP contribution < -0.4 is 4.74 Å². The van der Waals surface area contributed by atoms with E-state index < -0.39 is 11.7 Å². The van der Waals surface area contributed by atoms with Gasteiger partial charge >= 0.3 is 6.18 Å². The van der Waals surface area contributed by atoms with Gasteiger partial charge in [0.1, 0.15) is 5.75 Å². The predicted molar refractivity (Wildman–Crippen MR) is 111 cm³/mol. The first-order valence-electron chi connectivity index (χ1n) is 9.08. The van der Waals surface area contributed by atoms with Crippen LogP contribution in [0.3, 0.4) is 0 Å². The number of rotatable bonds is 6. The van der Waals surface area contributed by atoms with Crippen molar-refractivity contribution >= 4 is 44.3 Å². The van der Waals surface area contributed by atoms with Crippen molar-refractivity contribution in [1.82, 2.24) is 4.90 Å². The zero-order chi connectivity index (χ0) is 21.3. The molecule has 0 bridgehead atoms. The van der Waals surface area contributed by atoms with E-state index in [0.29, 0.717) is 5.75 Å². The number of amides is 2. The van der Waals surface area contributed by atoms with E-state index in [-0.39, 0.29) is 42.0 Å². The number of benzene rings is 2. The highest BCUT2D eigenvalue weighted by atomic mass is 32.2. The van der Waals surface area contributed by atoms with E-state index in [9.17, 15) is 22.8 Å². The van der Waals surface area contributed by atoms with Gasteiger partial charge in [0.15, 0.2) is 0 Å². The fraction of sp³-hybridized carbons (Fsp3) is 0.238. The first-order valence-corrected chi connectivity index (χ1v) is 11.0. The maximum Gasteiger partial charge on any atom is 0.416 e. The monoisotopic (exact) mass is 451 g/mol. The zero-order valence-electron chi connectivity index (χ0n) is 15.6. The van der Waals surface area contributed by atoms with Crippen molar-refractivity contribution < 1.29 is 27.5 Å². The van der Waals surface area contributed by atoms with Gasteiger partial charge in [0, 0.05) is 16.5 Å². The van der Waals surface area contributed by atoms with Gasteiger partial charge in [-0.1, -0.05) is 36.0 Å². The summed E-state index contributed by atoms with van der Waals surface area (Å²) in [5, 5.41) is 2.43. The molecule has 1 aliphatic rings. The summed E-state index contributed by atoms with van der Waals surface area (Å²) in [6.07, 6.45) is -4.28. The first-order chi connectivity index (χ1) is 14.3. The summed E-state index contributed by atoms with van der Waals surface area (Å²) in [7, 11) is 0. The third-order valence-corrected chi connectivity index (χ3v) is 6.63. The van der Waals surface area contributed by atoms with Gasteiger partial charge in [-0.2, -0.15) is 13.2 Å². The molecule has 2 heterocycles. The number of carbonyl (C=O) groups excluding carboxylic acids is 2. The molecule has 1 aliphatic heterocycles. The van der Waals surface area contributed by atoms with Crippen LogP contribution in [0.4, 0.5) is 18.0 Å². The van der Waals surface area contributed by atoms with Crippen LogP contribution in [-0.2, 0) is 23.9 Å². The average Bonchev–Trinajstić information content (AvgIpc) is 3.32. The minimum absolute atomic E-state index is 0.0944. The van der Waals surface area contributed by atoms with Crippen LogP contribution in [0.15, 0.2) is 47.8 Å². The number of ether oxygens (including phenoxy) is 1. The number of alkyl halides is 3. The molecule has 156 valence electrons. The van der Waals surface area contributed by atoms with E-state index in [4.69, 9.17) is 4.74 Å². The Bertz CT molecular complexity index is 1090. The maximum absolute atomic E-state index is 13.1. The van der Waals surface area contributed by atoms with Gasteiger partial charge in [-0.3, -0.25) is 14.5 Å². The molecule has 1 fully saturated rings. The second-order valence-electron chi connectivity index (χ2n) is 6.67. The van der Waals surface area contributed by atoms with E-state index in [0.717, 1.165) is 33.5 Å². The standard InChI is InChI=1S/C21H16F3NO3S2/c22-21(23,24)16-4-2-1-3-13(16)7-9-28-17-6-5-14(19-15(17)8-10-29-19)11-25-18(26)12-30-20(25)27/h1-6,8,10H,7,9,11-12H2. The first kappa shape index (κ1) is 20.7. The average molecular weight is 451 g/mol. The molecule has 0 atom stereocenters. The van der Waals surface area contributed by atoms with Crippen LogP contribution in [0.5, 0.6) is 5.75 Å². The molecule has 0 unspecified atom stereocenters. The number of carbonyl (C=O) groups is 2. The highest BCUT2D eigenvalue weighted by Crippen LogP contribution is 2.35. The van der Waals surface area contributed by atoms with E-state index in [1.54, 1.807) is 18.2 Å². The Balaban J connectivity index is 1.50. The van der Waals surface area contributed by atoms with Crippen molar-refractivity contribution in [3.8, 4) is 5.75 Å². The molecule has 0 spiro atoms. The molecule has 9 heteroatoms. The Kier molecular flexibility index (Phi) is 5.75. The smallest absolute Gasteiger partial charge is 0.416 e. The summed E-state index contributed by atoms with van der Waals surface area (Å²) >= 11 is 2.46. The summed E-state index contributed by atoms with van der Waals surface area (Å²) in [6, 6.07) is 10.9. The number of fused-ring (bicyclic) bond motifs is 1. The van der Waals surface area contributed by atoms with Crippen LogP contribution >= 0.6 is 23.1 Å². The fourth-order valence-corrected chi connectivity index (χ4v) is 4.98. The van der Waals surface area contributed by atoms with Crippen LogP contribution in [0.2, 0.25) is 0 Å². The van der Waals surface area contributed by atoms with Crippen LogP contribution in [-0.4, -0.2) is 28.4 Å². The second kappa shape index (κ2) is 8.31. The second-order valence-corrected chi connectivity index (χ2v) is 8.52. The molecular formula is C21H16F3NO3S2. The molecule has 4 rings (SSSR count). The molecule has 30 heavy (non-hydrogen) atoms. The largest absolute Gasteiger partial charge is 0.493 e. The van der Waals surface area contributed by atoms with Gasteiger partial charge in [-0.25, -0.2) is 0 Å². The molecule has 0 N–H and O–H groups in total. The van der Waals surface area contributed by atoms with Crippen molar-refractivity contribution in [1.29, 1.82) is 0 Å². The van der Waals surface area contributed by atoms with Crippen molar-refractivity contribution in [3.63, 3.8) is 0 Å². The van der Waals surface area contributed by atoms with E-state index in [2.05, 4.69) is 0 Å². The van der Waals surface area contributed by atoms with Gasteiger partial charge in [0.2, 0.25) is 5.91 Å². The molecule has 4 nitrogen and oxygen atoms in total. The predicted octanol–water partition coefficient (Wildman–Crippen LogP) is 5.74. The van der Waals surface area contributed by atoms with Crippen LogP contribution in [0, 0.1) is 0 Å². The Hall–Kier alpha value is -2.52.